The van der Waals surface area contributed by atoms with Crippen molar-refractivity contribution in [3.63, 3.8) is 0 Å². The Balaban J connectivity index is 2.22. The van der Waals surface area contributed by atoms with Crippen molar-refractivity contribution in [2.24, 2.45) is 0 Å². The van der Waals surface area contributed by atoms with E-state index in [1.807, 2.05) is 6.92 Å². The topological polar surface area (TPSA) is 76.0 Å². The van der Waals surface area contributed by atoms with E-state index in [1.165, 1.54) is 37.5 Å². The molecule has 0 bridgehead atoms. The molecule has 0 heterocycles. The second-order valence-corrected chi connectivity index (χ2v) is 4.74. The van der Waals surface area contributed by atoms with Gasteiger partial charge in [0.25, 0.3) is 0 Å². The van der Waals surface area contributed by atoms with Crippen LogP contribution in [0.5, 0.6) is 23.0 Å². The molecule has 0 fully saturated rings. The maximum absolute atomic E-state index is 12.2. The minimum atomic E-state index is -0.347. The molecule has 0 radical (unpaired) electrons. The summed E-state index contributed by atoms with van der Waals surface area (Å²) < 4.78 is 10.4. The lowest BCUT2D eigenvalue weighted by Crippen LogP contribution is -1.97. The highest BCUT2D eigenvalue weighted by Crippen LogP contribution is 2.27. The molecule has 0 unspecified atom stereocenters. The number of ketones is 1. The van der Waals surface area contributed by atoms with E-state index in [4.69, 9.17) is 9.47 Å². The van der Waals surface area contributed by atoms with Gasteiger partial charge in [-0.1, -0.05) is 0 Å². The average Bonchev–Trinajstić information content (AvgIpc) is 2.53. The molecular formula is C18H18O5. The molecule has 5 heteroatoms. The Bertz CT molecular complexity index is 734. The van der Waals surface area contributed by atoms with Gasteiger partial charge in [0.2, 0.25) is 0 Å². The Hall–Kier alpha value is -2.95. The van der Waals surface area contributed by atoms with Gasteiger partial charge in [0.05, 0.1) is 19.3 Å². The number of ether oxygens (including phenoxy) is 2. The molecule has 2 aromatic carbocycles. The van der Waals surface area contributed by atoms with Crippen molar-refractivity contribution in [3.05, 3.63) is 53.6 Å². The number of hydrogen-bond acceptors (Lipinski definition) is 5. The van der Waals surface area contributed by atoms with Crippen molar-refractivity contribution in [1.82, 2.24) is 0 Å². The van der Waals surface area contributed by atoms with E-state index in [9.17, 15) is 15.0 Å². The number of carbonyl (C=O) groups excluding carboxylic acids is 1. The summed E-state index contributed by atoms with van der Waals surface area (Å²) in [4.78, 5) is 12.2. The van der Waals surface area contributed by atoms with Gasteiger partial charge in [-0.15, -0.1) is 0 Å². The zero-order chi connectivity index (χ0) is 16.8. The number of allylic oxidation sites excluding steroid dienone is 1. The van der Waals surface area contributed by atoms with Crippen molar-refractivity contribution in [2.45, 2.75) is 6.92 Å². The highest BCUT2D eigenvalue weighted by molar-refractivity contribution is 6.08. The van der Waals surface area contributed by atoms with Crippen LogP contribution in [0.1, 0.15) is 22.8 Å². The van der Waals surface area contributed by atoms with E-state index < -0.39 is 0 Å². The SMILES string of the molecule is CCOc1ccc(C(=O)C=Cc2ccc(O)cc2OC)c(O)c1. The van der Waals surface area contributed by atoms with Crippen LogP contribution >= 0.6 is 0 Å². The monoisotopic (exact) mass is 314 g/mol. The summed E-state index contributed by atoms with van der Waals surface area (Å²) in [7, 11) is 1.48. The number of rotatable bonds is 6. The van der Waals surface area contributed by atoms with Crippen LogP contribution in [-0.2, 0) is 0 Å². The van der Waals surface area contributed by atoms with Crippen LogP contribution in [0, 0.1) is 0 Å². The van der Waals surface area contributed by atoms with E-state index in [0.29, 0.717) is 23.7 Å². The summed E-state index contributed by atoms with van der Waals surface area (Å²) in [5.74, 6) is 0.550. The molecule has 2 N–H and O–H groups in total. The van der Waals surface area contributed by atoms with Crippen molar-refractivity contribution >= 4 is 11.9 Å². The van der Waals surface area contributed by atoms with E-state index in [0.717, 1.165) is 0 Å². The summed E-state index contributed by atoms with van der Waals surface area (Å²) >= 11 is 0. The minimum Gasteiger partial charge on any atom is -0.508 e. The molecule has 0 aliphatic rings. The van der Waals surface area contributed by atoms with Gasteiger partial charge in [0, 0.05) is 17.7 Å². The molecule has 0 atom stereocenters. The number of benzene rings is 2. The Kier molecular flexibility index (Phi) is 5.25. The molecule has 0 aliphatic carbocycles. The largest absolute Gasteiger partial charge is 0.508 e. The van der Waals surface area contributed by atoms with Crippen LogP contribution in [0.2, 0.25) is 0 Å². The third-order valence-electron chi connectivity index (χ3n) is 3.18. The molecule has 2 aromatic rings. The van der Waals surface area contributed by atoms with Crippen molar-refractivity contribution < 1.29 is 24.5 Å². The molecule has 5 nitrogen and oxygen atoms in total. The molecule has 0 saturated heterocycles. The summed E-state index contributed by atoms with van der Waals surface area (Å²) in [6, 6.07) is 9.15. The van der Waals surface area contributed by atoms with Crippen LogP contribution in [0.4, 0.5) is 0 Å². The molecule has 120 valence electrons. The Morgan fingerprint density at radius 2 is 1.96 bits per heavy atom. The van der Waals surface area contributed by atoms with Gasteiger partial charge in [0.1, 0.15) is 23.0 Å². The summed E-state index contributed by atoms with van der Waals surface area (Å²) in [6.45, 7) is 2.32. The van der Waals surface area contributed by atoms with Crippen molar-refractivity contribution in [1.29, 1.82) is 0 Å². The second-order valence-electron chi connectivity index (χ2n) is 4.74. The van der Waals surface area contributed by atoms with Gasteiger partial charge < -0.3 is 19.7 Å². The highest BCUT2D eigenvalue weighted by Gasteiger charge is 2.10. The summed E-state index contributed by atoms with van der Waals surface area (Å²) in [6.07, 6.45) is 2.90. The van der Waals surface area contributed by atoms with Crippen molar-refractivity contribution in [2.75, 3.05) is 13.7 Å². The zero-order valence-corrected chi connectivity index (χ0v) is 12.9. The molecule has 0 aliphatic heterocycles. The predicted octanol–water partition coefficient (Wildman–Crippen LogP) is 3.40. The molecular weight excluding hydrogens is 296 g/mol. The Morgan fingerprint density at radius 1 is 1.17 bits per heavy atom. The first-order valence-corrected chi connectivity index (χ1v) is 7.10. The number of phenols is 2. The van der Waals surface area contributed by atoms with E-state index >= 15 is 0 Å². The smallest absolute Gasteiger partial charge is 0.189 e. The van der Waals surface area contributed by atoms with Gasteiger partial charge in [-0.05, 0) is 43.3 Å². The molecule has 2 rings (SSSR count). The van der Waals surface area contributed by atoms with Crippen molar-refractivity contribution in [3.8, 4) is 23.0 Å². The molecule has 23 heavy (non-hydrogen) atoms. The normalized spacial score (nSPS) is 10.7. The van der Waals surface area contributed by atoms with E-state index in [-0.39, 0.29) is 22.8 Å². The van der Waals surface area contributed by atoms with Crippen LogP contribution < -0.4 is 9.47 Å². The Labute approximate surface area is 134 Å². The quantitative estimate of drug-likeness (QED) is 0.631. The van der Waals surface area contributed by atoms with Gasteiger partial charge >= 0.3 is 0 Å². The van der Waals surface area contributed by atoms with Crippen LogP contribution in [-0.4, -0.2) is 29.7 Å². The fourth-order valence-corrected chi connectivity index (χ4v) is 2.07. The maximum atomic E-state index is 12.2. The number of phenolic OH excluding ortho intramolecular Hbond substituents is 2. The van der Waals surface area contributed by atoms with Gasteiger partial charge in [-0.25, -0.2) is 0 Å². The Morgan fingerprint density at radius 3 is 2.61 bits per heavy atom. The predicted molar refractivity (Wildman–Crippen MR) is 87.3 cm³/mol. The standard InChI is InChI=1S/C18H18O5/c1-3-23-14-7-8-15(17(21)11-14)16(20)9-5-12-4-6-13(19)10-18(12)22-2/h4-11,19,21H,3H2,1-2H3. The molecule has 0 spiro atoms. The lowest BCUT2D eigenvalue weighted by atomic mass is 10.1. The van der Waals surface area contributed by atoms with Gasteiger partial charge in [-0.2, -0.15) is 0 Å². The van der Waals surface area contributed by atoms with E-state index in [2.05, 4.69) is 0 Å². The van der Waals surface area contributed by atoms with E-state index in [1.54, 1.807) is 18.2 Å². The third-order valence-corrected chi connectivity index (χ3v) is 3.18. The number of hydrogen-bond donors (Lipinski definition) is 2. The minimum absolute atomic E-state index is 0.0782. The number of carbonyl (C=O) groups is 1. The molecule has 0 amide bonds. The molecule has 0 aromatic heterocycles. The van der Waals surface area contributed by atoms with Crippen LogP contribution in [0.3, 0.4) is 0 Å². The van der Waals surface area contributed by atoms with Gasteiger partial charge in [-0.3, -0.25) is 4.79 Å². The highest BCUT2D eigenvalue weighted by atomic mass is 16.5. The summed E-state index contributed by atoms with van der Waals surface area (Å²) in [5, 5.41) is 19.3. The second kappa shape index (κ2) is 7.35. The number of aromatic hydroxyl groups is 2. The summed E-state index contributed by atoms with van der Waals surface area (Å²) in [5.41, 5.74) is 0.825. The van der Waals surface area contributed by atoms with Gasteiger partial charge in [0.15, 0.2) is 5.78 Å². The maximum Gasteiger partial charge on any atom is 0.189 e. The zero-order valence-electron chi connectivity index (χ0n) is 12.9. The number of methoxy groups -OCH3 is 1. The third kappa shape index (κ3) is 4.03. The molecule has 0 saturated carbocycles. The lowest BCUT2D eigenvalue weighted by Gasteiger charge is -2.06. The first kappa shape index (κ1) is 16.4. The average molecular weight is 314 g/mol. The lowest BCUT2D eigenvalue weighted by molar-refractivity contribution is 0.104. The first-order valence-electron chi connectivity index (χ1n) is 7.10. The first-order chi connectivity index (χ1) is 11.0. The fraction of sp³-hybridized carbons (Fsp3) is 0.167. The van der Waals surface area contributed by atoms with Crippen LogP contribution in [0.25, 0.3) is 6.08 Å². The van der Waals surface area contributed by atoms with Crippen LogP contribution in [0.15, 0.2) is 42.5 Å². The fourth-order valence-electron chi connectivity index (χ4n) is 2.07.